The number of nitrogen functional groups attached to an aromatic ring is 2. The molecule has 0 radical (unpaired) electrons. The number of anilines is 2. The Morgan fingerprint density at radius 1 is 0.333 bits per heavy atom. The van der Waals surface area contributed by atoms with Crippen molar-refractivity contribution in [2.75, 3.05) is 11.5 Å². The third-order valence-electron chi connectivity index (χ3n) is 10.4. The summed E-state index contributed by atoms with van der Waals surface area (Å²) in [5, 5.41) is 0. The second-order valence-corrected chi connectivity index (χ2v) is 14.7. The molecule has 0 saturated carbocycles. The third kappa shape index (κ3) is 12.8. The maximum absolute atomic E-state index is 6.00. The molecule has 0 bridgehead atoms. The molecule has 0 heterocycles. The predicted octanol–water partition coefficient (Wildman–Crippen LogP) is 12.5. The van der Waals surface area contributed by atoms with E-state index in [1.165, 1.54) is 158 Å². The van der Waals surface area contributed by atoms with Crippen molar-refractivity contribution < 1.29 is 0 Å². The summed E-state index contributed by atoms with van der Waals surface area (Å²) in [6, 6.07) is 27.0. The Labute approximate surface area is 293 Å². The highest BCUT2D eigenvalue weighted by Crippen LogP contribution is 2.24. The molecule has 258 valence electrons. The van der Waals surface area contributed by atoms with Gasteiger partial charge in [-0.3, -0.25) is 0 Å². The number of aryl methyl sites for hydroxylation is 6. The van der Waals surface area contributed by atoms with E-state index in [-0.39, 0.29) is 0 Å². The standard InChI is InChI=1S/C46H64N2/c1-35-29-43(47)30-36(2)45(35)33-41-25-21-39(22-26-41)19-17-15-13-11-9-7-5-6-8-10-12-14-16-18-20-40-23-27-42(28-24-40)34-46-37(3)31-44(48)32-38(46)4/h21-32H,5-20,33-34,47-48H2,1-4H3. The summed E-state index contributed by atoms with van der Waals surface area (Å²) in [5.41, 5.74) is 27.5. The molecule has 0 saturated heterocycles. The Hall–Kier alpha value is -3.52. The van der Waals surface area contributed by atoms with Gasteiger partial charge in [-0.1, -0.05) is 126 Å². The van der Waals surface area contributed by atoms with E-state index in [1.807, 2.05) is 0 Å². The van der Waals surface area contributed by atoms with Gasteiger partial charge in [0, 0.05) is 11.4 Å². The molecule has 0 aromatic heterocycles. The number of hydrogen-bond acceptors (Lipinski definition) is 2. The molecular formula is C46H64N2. The Bertz CT molecular complexity index is 1350. The zero-order valence-electron chi connectivity index (χ0n) is 30.8. The molecule has 48 heavy (non-hydrogen) atoms. The monoisotopic (exact) mass is 645 g/mol. The summed E-state index contributed by atoms with van der Waals surface area (Å²) in [5.74, 6) is 0. The van der Waals surface area contributed by atoms with Crippen LogP contribution in [-0.2, 0) is 25.7 Å². The van der Waals surface area contributed by atoms with Crippen LogP contribution in [0, 0.1) is 27.7 Å². The van der Waals surface area contributed by atoms with Gasteiger partial charge < -0.3 is 11.5 Å². The van der Waals surface area contributed by atoms with E-state index in [4.69, 9.17) is 11.5 Å². The third-order valence-corrected chi connectivity index (χ3v) is 10.4. The molecule has 0 spiro atoms. The Morgan fingerprint density at radius 2 is 0.562 bits per heavy atom. The molecule has 0 unspecified atom stereocenters. The topological polar surface area (TPSA) is 52.0 Å². The van der Waals surface area contributed by atoms with Crippen LogP contribution < -0.4 is 11.5 Å². The van der Waals surface area contributed by atoms with Crippen LogP contribution in [0.3, 0.4) is 0 Å². The molecule has 2 nitrogen and oxygen atoms in total. The van der Waals surface area contributed by atoms with E-state index >= 15 is 0 Å². The van der Waals surface area contributed by atoms with Crippen LogP contribution in [0.4, 0.5) is 11.4 Å². The summed E-state index contributed by atoms with van der Waals surface area (Å²) >= 11 is 0. The molecule has 0 atom stereocenters. The SMILES string of the molecule is Cc1cc(N)cc(C)c1Cc1ccc(CCCCCCCCCCCCCCCCc2ccc(Cc3c(C)cc(N)cc3C)cc2)cc1. The van der Waals surface area contributed by atoms with Crippen molar-refractivity contribution in [2.45, 2.75) is 143 Å². The van der Waals surface area contributed by atoms with Crippen molar-refractivity contribution in [1.29, 1.82) is 0 Å². The fourth-order valence-electron chi connectivity index (χ4n) is 7.45. The van der Waals surface area contributed by atoms with Crippen LogP contribution in [-0.4, -0.2) is 0 Å². The minimum atomic E-state index is 0.864. The van der Waals surface area contributed by atoms with Crippen molar-refractivity contribution in [1.82, 2.24) is 0 Å². The van der Waals surface area contributed by atoms with Crippen LogP contribution in [0.25, 0.3) is 0 Å². The van der Waals surface area contributed by atoms with Gasteiger partial charge in [0.1, 0.15) is 0 Å². The summed E-state index contributed by atoms with van der Waals surface area (Å²) in [6.45, 7) is 8.69. The first-order valence-corrected chi connectivity index (χ1v) is 19.2. The van der Waals surface area contributed by atoms with Crippen molar-refractivity contribution in [3.05, 3.63) is 128 Å². The average Bonchev–Trinajstić information content (AvgIpc) is 3.05. The maximum Gasteiger partial charge on any atom is 0.0319 e. The molecule has 0 fully saturated rings. The van der Waals surface area contributed by atoms with Crippen LogP contribution in [0.15, 0.2) is 72.8 Å². The minimum absolute atomic E-state index is 0.864. The lowest BCUT2D eigenvalue weighted by atomic mass is 9.94. The first-order chi connectivity index (χ1) is 23.3. The quantitative estimate of drug-likeness (QED) is 0.0700. The predicted molar refractivity (Wildman–Crippen MR) is 211 cm³/mol. The van der Waals surface area contributed by atoms with Gasteiger partial charge >= 0.3 is 0 Å². The number of nitrogens with two attached hydrogens (primary N) is 2. The molecule has 0 aliphatic rings. The normalized spacial score (nSPS) is 11.3. The smallest absolute Gasteiger partial charge is 0.0319 e. The molecular weight excluding hydrogens is 581 g/mol. The van der Waals surface area contributed by atoms with Crippen LogP contribution in [0.2, 0.25) is 0 Å². The van der Waals surface area contributed by atoms with E-state index in [0.717, 1.165) is 24.2 Å². The van der Waals surface area contributed by atoms with E-state index in [9.17, 15) is 0 Å². The fraction of sp³-hybridized carbons (Fsp3) is 0.478. The van der Waals surface area contributed by atoms with Gasteiger partial charge in [-0.25, -0.2) is 0 Å². The van der Waals surface area contributed by atoms with Crippen LogP contribution in [0.5, 0.6) is 0 Å². The molecule has 4 rings (SSSR count). The first-order valence-electron chi connectivity index (χ1n) is 19.2. The highest BCUT2D eigenvalue weighted by molar-refractivity contribution is 5.51. The van der Waals surface area contributed by atoms with E-state index < -0.39 is 0 Å². The molecule has 0 amide bonds. The number of hydrogen-bond donors (Lipinski definition) is 2. The molecule has 2 heteroatoms. The van der Waals surface area contributed by atoms with Gasteiger partial charge in [0.15, 0.2) is 0 Å². The van der Waals surface area contributed by atoms with E-state index in [2.05, 4.69) is 100 Å². The fourth-order valence-corrected chi connectivity index (χ4v) is 7.45. The second kappa shape index (κ2) is 20.1. The lowest BCUT2D eigenvalue weighted by molar-refractivity contribution is 0.533. The molecule has 4 aromatic carbocycles. The minimum Gasteiger partial charge on any atom is -0.399 e. The highest BCUT2D eigenvalue weighted by Gasteiger charge is 2.07. The molecule has 0 aliphatic carbocycles. The first kappa shape index (κ1) is 37.3. The van der Waals surface area contributed by atoms with Crippen molar-refractivity contribution in [3.63, 3.8) is 0 Å². The Balaban J connectivity index is 0.933. The number of rotatable bonds is 21. The maximum atomic E-state index is 6.00. The summed E-state index contributed by atoms with van der Waals surface area (Å²) in [4.78, 5) is 0. The van der Waals surface area contributed by atoms with Gasteiger partial charge in [-0.15, -0.1) is 0 Å². The second-order valence-electron chi connectivity index (χ2n) is 14.7. The lowest BCUT2D eigenvalue weighted by Crippen LogP contribution is -1.98. The van der Waals surface area contributed by atoms with E-state index in [0.29, 0.717) is 0 Å². The largest absolute Gasteiger partial charge is 0.399 e. The molecule has 4 aromatic rings. The summed E-state index contributed by atoms with van der Waals surface area (Å²) in [7, 11) is 0. The van der Waals surface area contributed by atoms with Gasteiger partial charge in [0.25, 0.3) is 0 Å². The van der Waals surface area contributed by atoms with Crippen molar-refractivity contribution in [2.24, 2.45) is 0 Å². The summed E-state index contributed by atoms with van der Waals surface area (Å²) in [6.07, 6.45) is 23.9. The Morgan fingerprint density at radius 3 is 0.833 bits per heavy atom. The number of unbranched alkanes of at least 4 members (excludes halogenated alkanes) is 13. The molecule has 0 aliphatic heterocycles. The van der Waals surface area contributed by atoms with E-state index in [1.54, 1.807) is 0 Å². The zero-order chi connectivity index (χ0) is 34.1. The van der Waals surface area contributed by atoms with Gasteiger partial charge in [-0.05, 0) is 146 Å². The highest BCUT2D eigenvalue weighted by atomic mass is 14.5. The molecule has 4 N–H and O–H groups in total. The van der Waals surface area contributed by atoms with Crippen molar-refractivity contribution >= 4 is 11.4 Å². The average molecular weight is 645 g/mol. The summed E-state index contributed by atoms with van der Waals surface area (Å²) < 4.78 is 0. The number of benzene rings is 4. The van der Waals surface area contributed by atoms with Crippen LogP contribution >= 0.6 is 0 Å². The van der Waals surface area contributed by atoms with Gasteiger partial charge in [0.05, 0.1) is 0 Å². The van der Waals surface area contributed by atoms with Gasteiger partial charge in [0.2, 0.25) is 0 Å². The lowest BCUT2D eigenvalue weighted by Gasteiger charge is -2.12. The van der Waals surface area contributed by atoms with Crippen molar-refractivity contribution in [3.8, 4) is 0 Å². The van der Waals surface area contributed by atoms with Crippen LogP contribution in [0.1, 0.15) is 146 Å². The zero-order valence-corrected chi connectivity index (χ0v) is 30.8. The Kier molecular flexibility index (Phi) is 15.6. The van der Waals surface area contributed by atoms with Gasteiger partial charge in [-0.2, -0.15) is 0 Å².